The predicted octanol–water partition coefficient (Wildman–Crippen LogP) is 5.51. The predicted molar refractivity (Wildman–Crippen MR) is 121 cm³/mol. The quantitative estimate of drug-likeness (QED) is 0.314. The first kappa shape index (κ1) is 27.6. The van der Waals surface area contributed by atoms with E-state index < -0.39 is 36.6 Å². The minimum absolute atomic E-state index is 0.0611. The summed E-state index contributed by atoms with van der Waals surface area (Å²) in [6.07, 6.45) is -3.17. The van der Waals surface area contributed by atoms with Crippen LogP contribution in [0.4, 0.5) is 13.2 Å². The largest absolute Gasteiger partial charge is 0.457 e. The van der Waals surface area contributed by atoms with E-state index in [-0.39, 0.29) is 12.2 Å². The second-order valence-corrected chi connectivity index (χ2v) is 11.5. The van der Waals surface area contributed by atoms with E-state index in [2.05, 4.69) is 0 Å². The summed E-state index contributed by atoms with van der Waals surface area (Å²) in [4.78, 5) is 19.0. The van der Waals surface area contributed by atoms with Crippen LogP contribution < -0.4 is 10.5 Å². The lowest BCUT2D eigenvalue weighted by atomic mass is 9.85. The highest BCUT2D eigenvalue weighted by Gasteiger charge is 2.43. The lowest BCUT2D eigenvalue weighted by Gasteiger charge is -2.36. The van der Waals surface area contributed by atoms with Crippen LogP contribution in [0.15, 0.2) is 42.5 Å². The van der Waals surface area contributed by atoms with Crippen molar-refractivity contribution < 1.29 is 37.4 Å². The van der Waals surface area contributed by atoms with Crippen molar-refractivity contribution in [1.29, 1.82) is 0 Å². The van der Waals surface area contributed by atoms with Gasteiger partial charge in [0.15, 0.2) is 0 Å². The number of halogens is 4. The molecule has 5 N–H and O–H groups in total. The summed E-state index contributed by atoms with van der Waals surface area (Å²) < 4.78 is 55.2. The van der Waals surface area contributed by atoms with E-state index in [9.17, 15) is 32.6 Å². The van der Waals surface area contributed by atoms with Gasteiger partial charge in [-0.05, 0) is 81.5 Å². The maximum Gasteiger partial charge on any atom is 0.416 e. The molecule has 11 heteroatoms. The fourth-order valence-electron chi connectivity index (χ4n) is 3.46. The first-order valence-corrected chi connectivity index (χ1v) is 12.1. The first-order valence-electron chi connectivity index (χ1n) is 10.2. The van der Waals surface area contributed by atoms with Crippen molar-refractivity contribution in [3.05, 3.63) is 58.6 Å². The second-order valence-electron chi connectivity index (χ2n) is 8.78. The molecule has 6 nitrogen and oxygen atoms in total. The van der Waals surface area contributed by atoms with Gasteiger partial charge in [0.05, 0.1) is 17.3 Å². The number of benzene rings is 2. The van der Waals surface area contributed by atoms with Crippen LogP contribution in [0.1, 0.15) is 44.2 Å². The third-order valence-electron chi connectivity index (χ3n) is 5.45. The number of ether oxygens (including phenoxy) is 1. The van der Waals surface area contributed by atoms with Gasteiger partial charge in [0.25, 0.3) is 0 Å². The van der Waals surface area contributed by atoms with E-state index in [1.54, 1.807) is 18.2 Å². The van der Waals surface area contributed by atoms with Crippen molar-refractivity contribution in [3.63, 3.8) is 0 Å². The van der Waals surface area contributed by atoms with Crippen LogP contribution in [0, 0.1) is 0 Å². The number of rotatable bonds is 10. The summed E-state index contributed by atoms with van der Waals surface area (Å²) in [5.41, 5.74) is 5.05. The molecule has 0 spiro atoms. The SMILES string of the molecule is CC(C)(CC(N)(CO)CCCc1ccc(Oc2ccc(C(F)(F)F)cc2)cc1Cl)P(=O)(O)O. The Morgan fingerprint density at radius 3 is 2.12 bits per heavy atom. The van der Waals surface area contributed by atoms with Gasteiger partial charge in [-0.1, -0.05) is 17.7 Å². The molecule has 0 bridgehead atoms. The smallest absolute Gasteiger partial charge is 0.416 e. The minimum Gasteiger partial charge on any atom is -0.457 e. The molecule has 0 heterocycles. The van der Waals surface area contributed by atoms with Crippen LogP contribution in [-0.2, 0) is 17.2 Å². The fourth-order valence-corrected chi connectivity index (χ4v) is 4.25. The summed E-state index contributed by atoms with van der Waals surface area (Å²) >= 11 is 6.32. The molecule has 0 radical (unpaired) electrons. The molecule has 1 unspecified atom stereocenters. The normalized spacial score (nSPS) is 14.7. The number of aliphatic hydroxyl groups excluding tert-OH is 1. The second kappa shape index (κ2) is 10.3. The number of hydrogen-bond donors (Lipinski definition) is 4. The van der Waals surface area contributed by atoms with Gasteiger partial charge in [0.1, 0.15) is 11.5 Å². The molecular formula is C22H28ClF3NO5P. The molecule has 0 amide bonds. The highest BCUT2D eigenvalue weighted by molar-refractivity contribution is 7.53. The Morgan fingerprint density at radius 2 is 1.64 bits per heavy atom. The van der Waals surface area contributed by atoms with Gasteiger partial charge in [0.2, 0.25) is 0 Å². The summed E-state index contributed by atoms with van der Waals surface area (Å²) in [6.45, 7) is 2.40. The molecule has 33 heavy (non-hydrogen) atoms. The van der Waals surface area contributed by atoms with Crippen LogP contribution >= 0.6 is 19.2 Å². The maximum atomic E-state index is 12.7. The number of alkyl halides is 3. The molecule has 0 aliphatic rings. The Hall–Kier alpha value is -1.61. The number of nitrogens with two attached hydrogens (primary N) is 1. The molecule has 0 saturated heterocycles. The molecule has 0 saturated carbocycles. The molecule has 2 aromatic rings. The van der Waals surface area contributed by atoms with Crippen LogP contribution in [0.25, 0.3) is 0 Å². The molecule has 1 atom stereocenters. The Balaban J connectivity index is 1.99. The lowest BCUT2D eigenvalue weighted by Crippen LogP contribution is -2.48. The zero-order valence-corrected chi connectivity index (χ0v) is 19.9. The van der Waals surface area contributed by atoms with Crippen molar-refractivity contribution in [1.82, 2.24) is 0 Å². The fraction of sp³-hybridized carbons (Fsp3) is 0.455. The summed E-state index contributed by atoms with van der Waals surface area (Å²) in [6, 6.07) is 9.21. The van der Waals surface area contributed by atoms with E-state index in [4.69, 9.17) is 22.1 Å². The highest BCUT2D eigenvalue weighted by Crippen LogP contribution is 2.53. The zero-order chi connectivity index (χ0) is 25.1. The van der Waals surface area contributed by atoms with Crippen molar-refractivity contribution in [2.24, 2.45) is 5.73 Å². The maximum absolute atomic E-state index is 12.7. The van der Waals surface area contributed by atoms with Crippen LogP contribution in [0.5, 0.6) is 11.5 Å². The number of hydrogen-bond acceptors (Lipinski definition) is 4. The Morgan fingerprint density at radius 1 is 1.06 bits per heavy atom. The molecule has 0 aliphatic carbocycles. The van der Waals surface area contributed by atoms with Crippen molar-refractivity contribution in [2.45, 2.75) is 56.4 Å². The third-order valence-corrected chi connectivity index (χ3v) is 7.54. The van der Waals surface area contributed by atoms with E-state index >= 15 is 0 Å². The van der Waals surface area contributed by atoms with Gasteiger partial charge in [-0.25, -0.2) is 0 Å². The first-order chi connectivity index (χ1) is 15.1. The van der Waals surface area contributed by atoms with Crippen molar-refractivity contribution in [3.8, 4) is 11.5 Å². The number of aliphatic hydroxyl groups is 1. The molecule has 0 fully saturated rings. The zero-order valence-electron chi connectivity index (χ0n) is 18.3. The van der Waals surface area contributed by atoms with Gasteiger partial charge in [-0.3, -0.25) is 4.57 Å². The third kappa shape index (κ3) is 7.70. The Bertz CT molecular complexity index is 995. The monoisotopic (exact) mass is 509 g/mol. The van der Waals surface area contributed by atoms with E-state index in [1.165, 1.54) is 26.0 Å². The van der Waals surface area contributed by atoms with Crippen molar-refractivity contribution in [2.75, 3.05) is 6.61 Å². The average molecular weight is 510 g/mol. The minimum atomic E-state index is -4.42. The van der Waals surface area contributed by atoms with Crippen LogP contribution in [0.3, 0.4) is 0 Å². The summed E-state index contributed by atoms with van der Waals surface area (Å²) in [7, 11) is -4.40. The van der Waals surface area contributed by atoms with E-state index in [0.29, 0.717) is 30.0 Å². The van der Waals surface area contributed by atoms with Gasteiger partial charge < -0.3 is 25.4 Å². The topological polar surface area (TPSA) is 113 Å². The summed E-state index contributed by atoms with van der Waals surface area (Å²) in [5.74, 6) is 0.589. The van der Waals surface area contributed by atoms with Crippen LogP contribution in [-0.4, -0.2) is 32.2 Å². The van der Waals surface area contributed by atoms with Gasteiger partial charge in [-0.2, -0.15) is 13.2 Å². The molecular weight excluding hydrogens is 482 g/mol. The number of aryl methyl sites for hydroxylation is 1. The average Bonchev–Trinajstić information content (AvgIpc) is 2.68. The van der Waals surface area contributed by atoms with Gasteiger partial charge in [0, 0.05) is 10.6 Å². The Kier molecular flexibility index (Phi) is 8.66. The lowest BCUT2D eigenvalue weighted by molar-refractivity contribution is -0.137. The summed E-state index contributed by atoms with van der Waals surface area (Å²) in [5, 5.41) is 8.74. The molecule has 0 aliphatic heterocycles. The van der Waals surface area contributed by atoms with Crippen molar-refractivity contribution >= 4 is 19.2 Å². The molecule has 2 aromatic carbocycles. The van der Waals surface area contributed by atoms with E-state index in [0.717, 1.165) is 17.7 Å². The Labute approximate surface area is 195 Å². The van der Waals surface area contributed by atoms with Gasteiger partial charge >= 0.3 is 13.8 Å². The van der Waals surface area contributed by atoms with Crippen LogP contribution in [0.2, 0.25) is 5.02 Å². The standard InChI is InChI=1S/C22H28ClF3NO5P/c1-20(2,33(29,30)31)13-21(27,14-28)11-3-4-15-5-8-18(12-19(15)23)32-17-9-6-16(7-10-17)22(24,25)26/h5-10,12,28H,3-4,11,13-14,27H2,1-2H3,(H2,29,30,31). The van der Waals surface area contributed by atoms with Gasteiger partial charge in [-0.15, -0.1) is 0 Å². The molecule has 0 aromatic heterocycles. The highest BCUT2D eigenvalue weighted by atomic mass is 35.5. The van der Waals surface area contributed by atoms with E-state index in [1.807, 2.05) is 0 Å². The molecule has 184 valence electrons. The molecule has 2 rings (SSSR count).